The van der Waals surface area contributed by atoms with E-state index in [-0.39, 0.29) is 6.04 Å². The number of carboxylic acids is 1. The van der Waals surface area contributed by atoms with Crippen LogP contribution in [0.15, 0.2) is 6.07 Å². The van der Waals surface area contributed by atoms with E-state index in [4.69, 9.17) is 23.2 Å². The van der Waals surface area contributed by atoms with Gasteiger partial charge in [0.2, 0.25) is 0 Å². The van der Waals surface area contributed by atoms with Crippen LogP contribution in [-0.2, 0) is 4.79 Å². The second-order valence-electron chi connectivity index (χ2n) is 5.83. The summed E-state index contributed by atoms with van der Waals surface area (Å²) in [5.41, 5.74) is 0.506. The first kappa shape index (κ1) is 17.1. The fraction of sp³-hybridized carbons (Fsp3) is 0.667. The van der Waals surface area contributed by atoms with Crippen molar-refractivity contribution in [3.05, 3.63) is 20.3 Å². The van der Waals surface area contributed by atoms with E-state index in [0.29, 0.717) is 17.2 Å². The summed E-state index contributed by atoms with van der Waals surface area (Å²) in [7, 11) is 0. The normalized spacial score (nSPS) is 20.4. The van der Waals surface area contributed by atoms with Crippen LogP contribution in [0.1, 0.15) is 51.1 Å². The highest BCUT2D eigenvalue weighted by atomic mass is 35.5. The molecule has 0 amide bonds. The molecule has 1 unspecified atom stereocenters. The standard InChI is InChI=1S/C15H21Cl2NO2S/c1-3-4-15(14(19)20)5-7-18(8-6-15)10(2)11-9-12(16)21-13(11)17/h9-10H,3-8H2,1-2H3,(H,19,20). The fourth-order valence-electron chi connectivity index (χ4n) is 3.22. The van der Waals surface area contributed by atoms with Crippen molar-refractivity contribution in [3.8, 4) is 0 Å². The summed E-state index contributed by atoms with van der Waals surface area (Å²) in [4.78, 5) is 13.9. The molecule has 1 fully saturated rings. The minimum Gasteiger partial charge on any atom is -0.481 e. The average molecular weight is 350 g/mol. The highest BCUT2D eigenvalue weighted by Crippen LogP contribution is 2.41. The predicted molar refractivity (Wildman–Crippen MR) is 88.5 cm³/mol. The lowest BCUT2D eigenvalue weighted by Crippen LogP contribution is -2.45. The van der Waals surface area contributed by atoms with E-state index >= 15 is 0 Å². The first-order chi connectivity index (χ1) is 9.89. The zero-order chi connectivity index (χ0) is 15.6. The highest BCUT2D eigenvalue weighted by molar-refractivity contribution is 7.20. The van der Waals surface area contributed by atoms with Gasteiger partial charge >= 0.3 is 5.97 Å². The number of carboxylic acid groups (broad SMARTS) is 1. The SMILES string of the molecule is CCCC1(C(=O)O)CCN(C(C)c2cc(Cl)sc2Cl)CC1. The van der Waals surface area contributed by atoms with Crippen LogP contribution in [0, 0.1) is 5.41 Å². The van der Waals surface area contributed by atoms with Gasteiger partial charge in [0.1, 0.15) is 0 Å². The Bertz CT molecular complexity index is 510. The lowest BCUT2D eigenvalue weighted by atomic mass is 9.74. The van der Waals surface area contributed by atoms with Crippen molar-refractivity contribution in [2.75, 3.05) is 13.1 Å². The van der Waals surface area contributed by atoms with E-state index in [1.54, 1.807) is 0 Å². The number of thiophene rings is 1. The van der Waals surface area contributed by atoms with Crippen molar-refractivity contribution in [1.82, 2.24) is 4.90 Å². The Labute approximate surface area is 139 Å². The third-order valence-electron chi connectivity index (χ3n) is 4.62. The molecule has 1 N–H and O–H groups in total. The Balaban J connectivity index is 2.06. The molecule has 0 saturated carbocycles. The number of hydrogen-bond donors (Lipinski definition) is 1. The summed E-state index contributed by atoms with van der Waals surface area (Å²) in [5, 5.41) is 9.55. The molecule has 1 aliphatic rings. The number of piperidine rings is 1. The molecule has 1 aliphatic heterocycles. The average Bonchev–Trinajstić information content (AvgIpc) is 2.78. The van der Waals surface area contributed by atoms with Gasteiger partial charge in [-0.15, -0.1) is 11.3 Å². The van der Waals surface area contributed by atoms with Gasteiger partial charge in [-0.05, 0) is 45.3 Å². The molecule has 1 atom stereocenters. The van der Waals surface area contributed by atoms with Crippen LogP contribution in [0.2, 0.25) is 8.67 Å². The van der Waals surface area contributed by atoms with Crippen molar-refractivity contribution in [1.29, 1.82) is 0 Å². The monoisotopic (exact) mass is 349 g/mol. The molecule has 0 bridgehead atoms. The molecule has 6 heteroatoms. The molecular formula is C15H21Cl2NO2S. The van der Waals surface area contributed by atoms with Crippen molar-refractivity contribution in [2.24, 2.45) is 5.41 Å². The molecule has 0 aliphatic carbocycles. The summed E-state index contributed by atoms with van der Waals surface area (Å²) in [6.45, 7) is 5.74. The second kappa shape index (κ2) is 6.86. The number of rotatable bonds is 5. The Hall–Kier alpha value is -0.290. The second-order valence-corrected chi connectivity index (χ2v) is 8.11. The Morgan fingerprint density at radius 3 is 2.52 bits per heavy atom. The summed E-state index contributed by atoms with van der Waals surface area (Å²) in [6.07, 6.45) is 3.08. The highest BCUT2D eigenvalue weighted by Gasteiger charge is 2.41. The van der Waals surface area contributed by atoms with E-state index in [1.807, 2.05) is 13.0 Å². The number of likely N-dealkylation sites (tertiary alicyclic amines) is 1. The summed E-state index contributed by atoms with van der Waals surface area (Å²) in [6, 6.07) is 2.10. The third kappa shape index (κ3) is 3.55. The van der Waals surface area contributed by atoms with Crippen molar-refractivity contribution in [3.63, 3.8) is 0 Å². The molecule has 3 nitrogen and oxygen atoms in total. The van der Waals surface area contributed by atoms with Crippen LogP contribution in [0.3, 0.4) is 0 Å². The number of nitrogens with zero attached hydrogens (tertiary/aromatic N) is 1. The van der Waals surface area contributed by atoms with Gasteiger partial charge < -0.3 is 5.11 Å². The van der Waals surface area contributed by atoms with Gasteiger partial charge in [-0.25, -0.2) is 0 Å². The topological polar surface area (TPSA) is 40.5 Å². The van der Waals surface area contributed by atoms with Crippen LogP contribution in [-0.4, -0.2) is 29.1 Å². The van der Waals surface area contributed by atoms with Crippen molar-refractivity contribution < 1.29 is 9.90 Å². The van der Waals surface area contributed by atoms with Crippen molar-refractivity contribution >= 4 is 40.5 Å². The maximum Gasteiger partial charge on any atom is 0.309 e. The zero-order valence-electron chi connectivity index (χ0n) is 12.4. The molecule has 1 aromatic rings. The summed E-state index contributed by atoms with van der Waals surface area (Å²) >= 11 is 13.6. The largest absolute Gasteiger partial charge is 0.481 e. The minimum absolute atomic E-state index is 0.176. The molecule has 2 rings (SSSR count). The third-order valence-corrected chi connectivity index (χ3v) is 6.14. The van der Waals surface area contributed by atoms with Crippen LogP contribution in [0.5, 0.6) is 0 Å². The number of hydrogen-bond acceptors (Lipinski definition) is 3. The Kier molecular flexibility index (Phi) is 5.58. The molecule has 0 aromatic carbocycles. The van der Waals surface area contributed by atoms with Crippen LogP contribution >= 0.6 is 34.5 Å². The minimum atomic E-state index is -0.645. The van der Waals surface area contributed by atoms with Gasteiger partial charge in [0, 0.05) is 11.6 Å². The van der Waals surface area contributed by atoms with Crippen LogP contribution in [0.4, 0.5) is 0 Å². The first-order valence-corrected chi connectivity index (χ1v) is 8.89. The molecule has 0 spiro atoms. The molecule has 21 heavy (non-hydrogen) atoms. The molecule has 1 aromatic heterocycles. The lowest BCUT2D eigenvalue weighted by Gasteiger charge is -2.41. The van der Waals surface area contributed by atoms with Gasteiger partial charge in [0.05, 0.1) is 14.1 Å². The fourth-order valence-corrected chi connectivity index (χ4v) is 4.86. The zero-order valence-corrected chi connectivity index (χ0v) is 14.7. The van der Waals surface area contributed by atoms with E-state index in [1.165, 1.54) is 11.3 Å². The molecule has 1 saturated heterocycles. The van der Waals surface area contributed by atoms with Gasteiger partial charge in [0.25, 0.3) is 0 Å². The van der Waals surface area contributed by atoms with Crippen LogP contribution < -0.4 is 0 Å². The summed E-state index contributed by atoms with van der Waals surface area (Å²) in [5.74, 6) is -0.645. The van der Waals surface area contributed by atoms with Gasteiger partial charge in [-0.3, -0.25) is 9.69 Å². The maximum atomic E-state index is 11.6. The van der Waals surface area contributed by atoms with Gasteiger partial charge in [-0.1, -0.05) is 36.5 Å². The molecule has 0 radical (unpaired) electrons. The number of carbonyl (C=O) groups is 1. The Morgan fingerprint density at radius 1 is 1.48 bits per heavy atom. The smallest absolute Gasteiger partial charge is 0.309 e. The van der Waals surface area contributed by atoms with E-state index in [2.05, 4.69) is 11.8 Å². The Morgan fingerprint density at radius 2 is 2.10 bits per heavy atom. The van der Waals surface area contributed by atoms with Gasteiger partial charge in [0.15, 0.2) is 0 Å². The maximum absolute atomic E-state index is 11.6. The summed E-state index contributed by atoms with van der Waals surface area (Å²) < 4.78 is 1.43. The van der Waals surface area contributed by atoms with E-state index < -0.39 is 11.4 Å². The van der Waals surface area contributed by atoms with Crippen LogP contribution in [0.25, 0.3) is 0 Å². The molecule has 118 valence electrons. The van der Waals surface area contributed by atoms with Gasteiger partial charge in [-0.2, -0.15) is 0 Å². The molecule has 2 heterocycles. The lowest BCUT2D eigenvalue weighted by molar-refractivity contribution is -0.153. The first-order valence-electron chi connectivity index (χ1n) is 7.32. The predicted octanol–water partition coefficient (Wildman–Crippen LogP) is 5.08. The quantitative estimate of drug-likeness (QED) is 0.805. The molecular weight excluding hydrogens is 329 g/mol. The van der Waals surface area contributed by atoms with Crippen molar-refractivity contribution in [2.45, 2.75) is 45.6 Å². The van der Waals surface area contributed by atoms with E-state index in [9.17, 15) is 9.90 Å². The van der Waals surface area contributed by atoms with E-state index in [0.717, 1.165) is 35.8 Å². The number of halogens is 2. The number of aliphatic carboxylic acids is 1.